The molecule has 2 aliphatic heterocycles. The molecule has 1 amide bonds. The number of Topliss-reactive ketones (excluding diaryl/α,β-unsaturated/α-hetero) is 2. The number of benzene rings is 2. The van der Waals surface area contributed by atoms with Crippen molar-refractivity contribution in [3.05, 3.63) is 58.6 Å². The maximum absolute atomic E-state index is 12.7. The number of likely N-dealkylation sites (tertiary alicyclic amines) is 1. The predicted molar refractivity (Wildman–Crippen MR) is 116 cm³/mol. The number of hydrogen-bond acceptors (Lipinski definition) is 5. The summed E-state index contributed by atoms with van der Waals surface area (Å²) in [5.41, 5.74) is 0.537. The first kappa shape index (κ1) is 21.4. The first-order chi connectivity index (χ1) is 14.9. The summed E-state index contributed by atoms with van der Waals surface area (Å²) in [5.74, 6) is 1.11. The van der Waals surface area contributed by atoms with Gasteiger partial charge in [0.1, 0.15) is 17.1 Å². The summed E-state index contributed by atoms with van der Waals surface area (Å²) in [6.45, 7) is 1.00. The molecule has 4 rings (SSSR count). The minimum Gasteiger partial charge on any atom is -0.497 e. The van der Waals surface area contributed by atoms with Crippen molar-refractivity contribution in [2.45, 2.75) is 37.7 Å². The zero-order chi connectivity index (χ0) is 22.0. The molecule has 0 N–H and O–H groups in total. The minimum absolute atomic E-state index is 0.0530. The van der Waals surface area contributed by atoms with Gasteiger partial charge in [0.05, 0.1) is 19.1 Å². The number of rotatable bonds is 5. The molecule has 2 aromatic carbocycles. The lowest BCUT2D eigenvalue weighted by atomic mass is 9.82. The second kappa shape index (κ2) is 8.71. The van der Waals surface area contributed by atoms with Crippen molar-refractivity contribution in [1.29, 1.82) is 0 Å². The molecule has 2 aromatic rings. The molecule has 0 aromatic heterocycles. The lowest BCUT2D eigenvalue weighted by Gasteiger charge is -2.44. The van der Waals surface area contributed by atoms with Crippen LogP contribution in [0.5, 0.6) is 11.5 Å². The van der Waals surface area contributed by atoms with Crippen molar-refractivity contribution in [2.75, 3.05) is 20.2 Å². The Bertz CT molecular complexity index is 1010. The molecule has 6 nitrogen and oxygen atoms in total. The monoisotopic (exact) mass is 441 g/mol. The molecule has 162 valence electrons. The number of amides is 1. The number of methoxy groups -OCH3 is 1. The van der Waals surface area contributed by atoms with Crippen LogP contribution in [-0.2, 0) is 4.79 Å². The summed E-state index contributed by atoms with van der Waals surface area (Å²) in [4.78, 5) is 39.4. The van der Waals surface area contributed by atoms with Gasteiger partial charge in [0.2, 0.25) is 5.91 Å². The molecule has 0 radical (unpaired) electrons. The number of ether oxygens (including phenoxy) is 2. The minimum atomic E-state index is -0.591. The fraction of sp³-hybridized carbons (Fsp3) is 0.375. The first-order valence-corrected chi connectivity index (χ1v) is 10.7. The number of ketones is 2. The van der Waals surface area contributed by atoms with Crippen LogP contribution in [0.2, 0.25) is 5.02 Å². The number of carbonyl (C=O) groups excluding carboxylic acids is 3. The van der Waals surface area contributed by atoms with Crippen LogP contribution in [0.1, 0.15) is 52.8 Å². The van der Waals surface area contributed by atoms with Gasteiger partial charge < -0.3 is 14.4 Å². The third kappa shape index (κ3) is 4.59. The van der Waals surface area contributed by atoms with E-state index in [-0.39, 0.29) is 30.3 Å². The Balaban J connectivity index is 1.33. The van der Waals surface area contributed by atoms with Crippen LogP contribution in [-0.4, -0.2) is 48.2 Å². The topological polar surface area (TPSA) is 72.9 Å². The maximum Gasteiger partial charge on any atom is 0.223 e. The molecule has 7 heteroatoms. The fourth-order valence-corrected chi connectivity index (χ4v) is 4.33. The third-order valence-electron chi connectivity index (χ3n) is 6.06. The summed E-state index contributed by atoms with van der Waals surface area (Å²) < 4.78 is 11.5. The molecule has 1 fully saturated rings. The van der Waals surface area contributed by atoms with E-state index in [0.717, 1.165) is 0 Å². The van der Waals surface area contributed by atoms with Gasteiger partial charge in [-0.15, -0.1) is 0 Å². The smallest absolute Gasteiger partial charge is 0.223 e. The molecular formula is C24H24ClNO5. The van der Waals surface area contributed by atoms with E-state index < -0.39 is 5.60 Å². The summed E-state index contributed by atoms with van der Waals surface area (Å²) in [6.07, 6.45) is 1.78. The van der Waals surface area contributed by atoms with Gasteiger partial charge in [-0.2, -0.15) is 0 Å². The van der Waals surface area contributed by atoms with Crippen LogP contribution in [0.4, 0.5) is 0 Å². The summed E-state index contributed by atoms with van der Waals surface area (Å²) >= 11 is 5.85. The molecule has 0 aliphatic carbocycles. The summed E-state index contributed by atoms with van der Waals surface area (Å²) in [7, 11) is 1.57. The maximum atomic E-state index is 12.7. The van der Waals surface area contributed by atoms with Crippen LogP contribution in [0.25, 0.3) is 0 Å². The van der Waals surface area contributed by atoms with Crippen LogP contribution < -0.4 is 9.47 Å². The molecule has 0 unspecified atom stereocenters. The highest BCUT2D eigenvalue weighted by Crippen LogP contribution is 2.40. The summed E-state index contributed by atoms with van der Waals surface area (Å²) in [5, 5.41) is 0.569. The number of piperidine rings is 1. The van der Waals surface area contributed by atoms with Crippen LogP contribution in [0.3, 0.4) is 0 Å². The molecule has 2 aliphatic rings. The molecule has 0 atom stereocenters. The van der Waals surface area contributed by atoms with Gasteiger partial charge in [-0.3, -0.25) is 14.4 Å². The molecule has 31 heavy (non-hydrogen) atoms. The van der Waals surface area contributed by atoms with Crippen LogP contribution in [0, 0.1) is 0 Å². The second-order valence-corrected chi connectivity index (χ2v) is 8.49. The molecule has 1 spiro atoms. The normalized spacial score (nSPS) is 17.1. The van der Waals surface area contributed by atoms with Gasteiger partial charge in [-0.1, -0.05) is 11.6 Å². The van der Waals surface area contributed by atoms with E-state index in [4.69, 9.17) is 21.1 Å². The van der Waals surface area contributed by atoms with Crippen molar-refractivity contribution in [2.24, 2.45) is 0 Å². The van der Waals surface area contributed by atoms with Crippen molar-refractivity contribution >= 4 is 29.1 Å². The van der Waals surface area contributed by atoms with Crippen molar-refractivity contribution in [1.82, 2.24) is 4.90 Å². The third-order valence-corrected chi connectivity index (χ3v) is 6.31. The van der Waals surface area contributed by atoms with Crippen LogP contribution in [0.15, 0.2) is 42.5 Å². The van der Waals surface area contributed by atoms with Crippen molar-refractivity contribution < 1.29 is 23.9 Å². The average Bonchev–Trinajstić information content (AvgIpc) is 2.77. The zero-order valence-corrected chi connectivity index (χ0v) is 18.1. The molecule has 1 saturated heterocycles. The predicted octanol–water partition coefficient (Wildman–Crippen LogP) is 4.34. The number of carbonyl (C=O) groups is 3. The number of hydrogen-bond donors (Lipinski definition) is 0. The first-order valence-electron chi connectivity index (χ1n) is 10.4. The largest absolute Gasteiger partial charge is 0.497 e. The van der Waals surface area contributed by atoms with E-state index >= 15 is 0 Å². The molecule has 0 bridgehead atoms. The van der Waals surface area contributed by atoms with E-state index in [0.29, 0.717) is 60.0 Å². The van der Waals surface area contributed by atoms with Crippen molar-refractivity contribution in [3.63, 3.8) is 0 Å². The fourth-order valence-electron chi connectivity index (χ4n) is 4.20. The quantitative estimate of drug-likeness (QED) is 0.645. The lowest BCUT2D eigenvalue weighted by molar-refractivity contribution is -0.134. The Kier molecular flexibility index (Phi) is 6.01. The second-order valence-electron chi connectivity index (χ2n) is 8.06. The highest BCUT2D eigenvalue weighted by atomic mass is 35.5. The molecule has 2 heterocycles. The Labute approximate surface area is 186 Å². The number of nitrogens with zero attached hydrogens (tertiary/aromatic N) is 1. The Morgan fingerprint density at radius 3 is 2.48 bits per heavy atom. The zero-order valence-electron chi connectivity index (χ0n) is 17.4. The van der Waals surface area contributed by atoms with Gasteiger partial charge in [-0.05, 0) is 36.4 Å². The van der Waals surface area contributed by atoms with E-state index in [1.54, 1.807) is 54.5 Å². The standard InChI is InChI=1S/C24H24ClNO5/c1-30-18-6-7-19-21(28)15-24(31-22(19)14-18)10-12-26(13-11-24)23(29)9-8-20(27)16-2-4-17(25)5-3-16/h2-7,14H,8-13,15H2,1H3. The molecule has 0 saturated carbocycles. The highest BCUT2D eigenvalue weighted by Gasteiger charge is 2.43. The van der Waals surface area contributed by atoms with Gasteiger partial charge in [0, 0.05) is 55.4 Å². The van der Waals surface area contributed by atoms with Gasteiger partial charge in [-0.25, -0.2) is 0 Å². The number of halogens is 1. The Morgan fingerprint density at radius 1 is 1.10 bits per heavy atom. The Morgan fingerprint density at radius 2 is 1.81 bits per heavy atom. The van der Waals surface area contributed by atoms with E-state index in [2.05, 4.69) is 0 Å². The van der Waals surface area contributed by atoms with Gasteiger partial charge >= 0.3 is 0 Å². The van der Waals surface area contributed by atoms with Crippen molar-refractivity contribution in [3.8, 4) is 11.5 Å². The van der Waals surface area contributed by atoms with Gasteiger partial charge in [0.25, 0.3) is 0 Å². The van der Waals surface area contributed by atoms with Gasteiger partial charge in [0.15, 0.2) is 11.6 Å². The SMILES string of the molecule is COc1ccc2c(c1)OC1(CCN(C(=O)CCC(=O)c3ccc(Cl)cc3)CC1)CC2=O. The van der Waals surface area contributed by atoms with E-state index in [9.17, 15) is 14.4 Å². The van der Waals surface area contributed by atoms with E-state index in [1.165, 1.54) is 0 Å². The van der Waals surface area contributed by atoms with E-state index in [1.807, 2.05) is 0 Å². The molecular weight excluding hydrogens is 418 g/mol. The summed E-state index contributed by atoms with van der Waals surface area (Å²) in [6, 6.07) is 11.9. The van der Waals surface area contributed by atoms with Crippen LogP contribution >= 0.6 is 11.6 Å². The Hall–Kier alpha value is -2.86. The highest BCUT2D eigenvalue weighted by molar-refractivity contribution is 6.30. The lowest BCUT2D eigenvalue weighted by Crippen LogP contribution is -2.52. The average molecular weight is 442 g/mol. The number of fused-ring (bicyclic) bond motifs is 1.